The summed E-state index contributed by atoms with van der Waals surface area (Å²) in [5, 5.41) is 13.0. The molecule has 0 heterocycles. The Morgan fingerprint density at radius 1 is 0.632 bits per heavy atom. The fraction of sp³-hybridized carbons (Fsp3) is 0.200. The van der Waals surface area contributed by atoms with Crippen molar-refractivity contribution in [3.8, 4) is 11.1 Å². The van der Waals surface area contributed by atoms with E-state index in [-0.39, 0.29) is 0 Å². The molecule has 1 N–H and O–H groups in total. The highest BCUT2D eigenvalue weighted by atomic mass is 16.5. The first-order valence-electron chi connectivity index (χ1n) is 13.2. The van der Waals surface area contributed by atoms with Gasteiger partial charge in [0.15, 0.2) is 0 Å². The molecule has 1 atom stereocenters. The molecule has 1 aliphatic rings. The molecule has 5 aromatic carbocycles. The third-order valence-corrected chi connectivity index (χ3v) is 8.45. The number of hydrogen-bond acceptors (Lipinski definition) is 2. The third kappa shape index (κ3) is 3.73. The van der Waals surface area contributed by atoms with Crippen LogP contribution in [0.25, 0.3) is 21.9 Å². The normalized spacial score (nSPS) is 16.8. The lowest BCUT2D eigenvalue weighted by Crippen LogP contribution is -2.49. The van der Waals surface area contributed by atoms with E-state index < -0.39 is 16.6 Å². The first kappa shape index (κ1) is 24.7. The van der Waals surface area contributed by atoms with Gasteiger partial charge in [0, 0.05) is 0 Å². The number of fused-ring (bicyclic) bond motifs is 5. The van der Waals surface area contributed by atoms with Crippen molar-refractivity contribution in [2.45, 2.75) is 44.3 Å². The van der Waals surface area contributed by atoms with Crippen molar-refractivity contribution in [3.63, 3.8) is 0 Å². The van der Waals surface area contributed by atoms with Gasteiger partial charge >= 0.3 is 7.48 Å². The van der Waals surface area contributed by atoms with E-state index in [4.69, 9.17) is 4.65 Å². The lowest BCUT2D eigenvalue weighted by Gasteiger charge is -2.37. The fourth-order valence-electron chi connectivity index (χ4n) is 5.70. The fourth-order valence-corrected chi connectivity index (χ4v) is 5.70. The standard InChI is InChI=1S/C35H32BO2/c1-33(2,37)34(3,4)38-36-27-21-19-26(20-22-27)35(25-13-6-5-7-14-25)30-17-11-10-16-29(30)32-28-15-9-8-12-24(28)18-23-31(32)35/h5-23,37H,1-4H3. The molecule has 0 aromatic heterocycles. The van der Waals surface area contributed by atoms with E-state index in [1.54, 1.807) is 21.3 Å². The summed E-state index contributed by atoms with van der Waals surface area (Å²) in [6, 6.07) is 41.6. The van der Waals surface area contributed by atoms with E-state index >= 15 is 0 Å². The van der Waals surface area contributed by atoms with Crippen LogP contribution >= 0.6 is 0 Å². The largest absolute Gasteiger partial charge is 0.427 e. The topological polar surface area (TPSA) is 29.5 Å². The maximum absolute atomic E-state index is 10.5. The van der Waals surface area contributed by atoms with Gasteiger partial charge in [-0.2, -0.15) is 0 Å². The van der Waals surface area contributed by atoms with Gasteiger partial charge in [0.25, 0.3) is 0 Å². The van der Waals surface area contributed by atoms with Gasteiger partial charge in [-0.3, -0.25) is 0 Å². The predicted octanol–water partition coefficient (Wildman–Crippen LogP) is 7.01. The summed E-state index contributed by atoms with van der Waals surface area (Å²) in [6.07, 6.45) is 0. The van der Waals surface area contributed by atoms with Crippen LogP contribution in [0.5, 0.6) is 0 Å². The molecule has 0 spiro atoms. The molecule has 5 aromatic rings. The first-order valence-corrected chi connectivity index (χ1v) is 13.2. The summed E-state index contributed by atoms with van der Waals surface area (Å²) in [6.45, 7) is 7.34. The van der Waals surface area contributed by atoms with Gasteiger partial charge in [0.2, 0.25) is 0 Å². The van der Waals surface area contributed by atoms with Crippen LogP contribution in [-0.4, -0.2) is 23.8 Å². The van der Waals surface area contributed by atoms with Crippen molar-refractivity contribution in [2.24, 2.45) is 0 Å². The first-order chi connectivity index (χ1) is 18.2. The number of benzene rings is 5. The SMILES string of the molecule is CC(C)(O)C(C)(C)O[B]c1ccc(C2(c3ccccc3)c3ccccc3-c3c2ccc2ccccc32)cc1. The average Bonchev–Trinajstić information content (AvgIpc) is 3.24. The lowest BCUT2D eigenvalue weighted by molar-refractivity contribution is -0.0893. The van der Waals surface area contributed by atoms with E-state index in [2.05, 4.69) is 115 Å². The molecule has 3 heteroatoms. The van der Waals surface area contributed by atoms with Gasteiger partial charge in [-0.25, -0.2) is 0 Å². The quantitative estimate of drug-likeness (QED) is 0.252. The molecule has 0 saturated heterocycles. The Morgan fingerprint density at radius 2 is 1.26 bits per heavy atom. The van der Waals surface area contributed by atoms with Crippen molar-refractivity contribution in [2.75, 3.05) is 0 Å². The highest BCUT2D eigenvalue weighted by Crippen LogP contribution is 2.57. The van der Waals surface area contributed by atoms with Crippen molar-refractivity contribution >= 4 is 23.7 Å². The molecule has 1 aliphatic carbocycles. The van der Waals surface area contributed by atoms with Gasteiger partial charge in [0.1, 0.15) is 0 Å². The Kier molecular flexibility index (Phi) is 5.83. The van der Waals surface area contributed by atoms with Crippen LogP contribution < -0.4 is 5.46 Å². The zero-order chi connectivity index (χ0) is 26.5. The molecule has 0 saturated carbocycles. The highest BCUT2D eigenvalue weighted by Gasteiger charge is 2.46. The Bertz CT molecular complexity index is 1610. The average molecular weight is 495 g/mol. The Balaban J connectivity index is 1.54. The van der Waals surface area contributed by atoms with E-state index in [0.717, 1.165) is 5.46 Å². The second kappa shape index (κ2) is 8.98. The molecule has 187 valence electrons. The van der Waals surface area contributed by atoms with Crippen molar-refractivity contribution in [1.82, 2.24) is 0 Å². The molecule has 0 amide bonds. The van der Waals surface area contributed by atoms with Crippen LogP contribution in [0.15, 0.2) is 115 Å². The minimum Gasteiger partial charge on any atom is -0.427 e. The van der Waals surface area contributed by atoms with Gasteiger partial charge < -0.3 is 9.76 Å². The van der Waals surface area contributed by atoms with Gasteiger partial charge in [0.05, 0.1) is 16.6 Å². The van der Waals surface area contributed by atoms with Gasteiger partial charge in [-0.05, 0) is 71.8 Å². The molecule has 6 rings (SSSR count). The Hall–Kier alpha value is -3.66. The Morgan fingerprint density at radius 3 is 2.00 bits per heavy atom. The van der Waals surface area contributed by atoms with E-state index in [0.29, 0.717) is 0 Å². The van der Waals surface area contributed by atoms with Crippen LogP contribution in [0.2, 0.25) is 0 Å². The lowest BCUT2D eigenvalue weighted by atomic mass is 9.67. The minimum absolute atomic E-state index is 0.442. The summed E-state index contributed by atoms with van der Waals surface area (Å²) in [5.74, 6) is 0. The monoisotopic (exact) mass is 495 g/mol. The molecular weight excluding hydrogens is 463 g/mol. The second-order valence-corrected chi connectivity index (χ2v) is 11.3. The maximum atomic E-state index is 10.5. The van der Waals surface area contributed by atoms with Gasteiger partial charge in [-0.15, -0.1) is 0 Å². The van der Waals surface area contributed by atoms with Crippen LogP contribution in [0.1, 0.15) is 49.9 Å². The number of rotatable bonds is 6. The molecule has 38 heavy (non-hydrogen) atoms. The van der Waals surface area contributed by atoms with Crippen molar-refractivity contribution < 1.29 is 9.76 Å². The zero-order valence-corrected chi connectivity index (χ0v) is 22.4. The third-order valence-electron chi connectivity index (χ3n) is 8.45. The van der Waals surface area contributed by atoms with Crippen molar-refractivity contribution in [3.05, 3.63) is 138 Å². The van der Waals surface area contributed by atoms with Gasteiger partial charge in [-0.1, -0.05) is 121 Å². The molecule has 1 radical (unpaired) electrons. The second-order valence-electron chi connectivity index (χ2n) is 11.3. The van der Waals surface area contributed by atoms with Crippen LogP contribution in [0, 0.1) is 0 Å². The highest BCUT2D eigenvalue weighted by molar-refractivity contribution is 6.47. The van der Waals surface area contributed by atoms with E-state index in [9.17, 15) is 5.11 Å². The number of hydrogen-bond donors (Lipinski definition) is 1. The van der Waals surface area contributed by atoms with Crippen molar-refractivity contribution in [1.29, 1.82) is 0 Å². The minimum atomic E-state index is -0.971. The summed E-state index contributed by atoms with van der Waals surface area (Å²) in [4.78, 5) is 0. The summed E-state index contributed by atoms with van der Waals surface area (Å²) in [5.41, 5.74) is 6.49. The van der Waals surface area contributed by atoms with E-state index in [1.165, 1.54) is 44.2 Å². The van der Waals surface area contributed by atoms with E-state index in [1.807, 2.05) is 13.8 Å². The van der Waals surface area contributed by atoms with Crippen LogP contribution in [0.3, 0.4) is 0 Å². The van der Waals surface area contributed by atoms with Crippen LogP contribution in [-0.2, 0) is 10.1 Å². The molecule has 1 unspecified atom stereocenters. The molecule has 0 fully saturated rings. The summed E-state index contributed by atoms with van der Waals surface area (Å²) >= 11 is 0. The smallest absolute Gasteiger partial charge is 0.330 e. The summed E-state index contributed by atoms with van der Waals surface area (Å²) in [7, 11) is 1.75. The maximum Gasteiger partial charge on any atom is 0.330 e. The molecule has 0 aliphatic heterocycles. The Labute approximate surface area is 226 Å². The number of aliphatic hydroxyl groups is 1. The molecule has 0 bridgehead atoms. The summed E-state index contributed by atoms with van der Waals surface area (Å²) < 4.78 is 6.04. The molecule has 2 nitrogen and oxygen atoms in total. The predicted molar refractivity (Wildman–Crippen MR) is 158 cm³/mol. The zero-order valence-electron chi connectivity index (χ0n) is 22.4. The molecular formula is C35H32BO2. The van der Waals surface area contributed by atoms with Crippen LogP contribution in [0.4, 0.5) is 0 Å².